The van der Waals surface area contributed by atoms with Crippen LogP contribution in [0.15, 0.2) is 71.1 Å². The maximum absolute atomic E-state index is 13.3. The van der Waals surface area contributed by atoms with Crippen LogP contribution in [0.1, 0.15) is 13.8 Å². The molecule has 3 aromatic carbocycles. The highest BCUT2D eigenvalue weighted by molar-refractivity contribution is 6.33. The van der Waals surface area contributed by atoms with Gasteiger partial charge in [0.25, 0.3) is 5.91 Å². The summed E-state index contributed by atoms with van der Waals surface area (Å²) < 4.78 is 24.8. The van der Waals surface area contributed by atoms with Gasteiger partial charge in [-0.25, -0.2) is 9.37 Å². The van der Waals surface area contributed by atoms with Gasteiger partial charge in [0, 0.05) is 5.69 Å². The molecule has 1 amide bonds. The van der Waals surface area contributed by atoms with Crippen LogP contribution >= 0.6 is 11.6 Å². The van der Waals surface area contributed by atoms with E-state index in [-0.39, 0.29) is 16.8 Å². The third-order valence-electron chi connectivity index (χ3n) is 4.47. The number of oxazole rings is 1. The van der Waals surface area contributed by atoms with Crippen molar-refractivity contribution in [3.8, 4) is 17.2 Å². The minimum atomic E-state index is -1.09. The van der Waals surface area contributed by atoms with Gasteiger partial charge in [0.1, 0.15) is 17.1 Å². The van der Waals surface area contributed by atoms with Crippen LogP contribution in [0.3, 0.4) is 0 Å². The Kier molecular flexibility index (Phi) is 5.18. The van der Waals surface area contributed by atoms with E-state index in [0.717, 1.165) is 0 Å². The molecule has 1 heterocycles. The Morgan fingerprint density at radius 3 is 2.60 bits per heavy atom. The fourth-order valence-electron chi connectivity index (χ4n) is 2.89. The lowest BCUT2D eigenvalue weighted by atomic mass is 10.1. The second-order valence-corrected chi connectivity index (χ2v) is 7.61. The number of benzene rings is 3. The minimum Gasteiger partial charge on any atom is -0.478 e. The maximum atomic E-state index is 13.3. The van der Waals surface area contributed by atoms with Crippen molar-refractivity contribution in [3.63, 3.8) is 0 Å². The molecule has 1 aromatic heterocycles. The van der Waals surface area contributed by atoms with E-state index in [4.69, 9.17) is 20.8 Å². The van der Waals surface area contributed by atoms with E-state index < -0.39 is 11.4 Å². The highest BCUT2D eigenvalue weighted by Gasteiger charge is 2.30. The summed E-state index contributed by atoms with van der Waals surface area (Å²) in [6.45, 7) is 3.39. The number of hydrogen-bond acceptors (Lipinski definition) is 4. The molecule has 0 aliphatic rings. The number of rotatable bonds is 5. The van der Waals surface area contributed by atoms with E-state index >= 15 is 0 Å². The van der Waals surface area contributed by atoms with Crippen molar-refractivity contribution in [1.82, 2.24) is 4.98 Å². The highest BCUT2D eigenvalue weighted by atomic mass is 35.5. The Hall–Kier alpha value is -3.38. The van der Waals surface area contributed by atoms with Crippen molar-refractivity contribution in [3.05, 3.63) is 77.6 Å². The number of nitrogens with zero attached hydrogens (tertiary/aromatic N) is 1. The second kappa shape index (κ2) is 7.80. The number of ether oxygens (including phenoxy) is 1. The fraction of sp³-hybridized carbons (Fsp3) is 0.130. The lowest BCUT2D eigenvalue weighted by Crippen LogP contribution is -2.42. The van der Waals surface area contributed by atoms with Gasteiger partial charge >= 0.3 is 0 Å². The molecule has 0 radical (unpaired) electrons. The fourth-order valence-corrected chi connectivity index (χ4v) is 3.14. The van der Waals surface area contributed by atoms with Crippen LogP contribution in [0.5, 0.6) is 5.75 Å². The molecule has 7 heteroatoms. The van der Waals surface area contributed by atoms with Crippen molar-refractivity contribution < 1.29 is 18.3 Å². The minimum absolute atomic E-state index is 0.204. The van der Waals surface area contributed by atoms with Gasteiger partial charge in [0.15, 0.2) is 11.2 Å². The number of anilines is 1. The first-order valence-electron chi connectivity index (χ1n) is 9.23. The Labute approximate surface area is 177 Å². The van der Waals surface area contributed by atoms with Crippen LogP contribution in [-0.4, -0.2) is 16.5 Å². The van der Waals surface area contributed by atoms with E-state index in [0.29, 0.717) is 28.1 Å². The Balaban J connectivity index is 1.55. The molecule has 5 nitrogen and oxygen atoms in total. The van der Waals surface area contributed by atoms with Crippen LogP contribution in [-0.2, 0) is 4.79 Å². The number of carbonyl (C=O) groups is 1. The Morgan fingerprint density at radius 1 is 1.10 bits per heavy atom. The molecule has 0 aliphatic heterocycles. The van der Waals surface area contributed by atoms with Gasteiger partial charge < -0.3 is 14.5 Å². The summed E-state index contributed by atoms with van der Waals surface area (Å²) in [7, 11) is 0. The molecule has 4 rings (SSSR count). The average molecular weight is 425 g/mol. The summed E-state index contributed by atoms with van der Waals surface area (Å²) in [6.07, 6.45) is 0. The number of nitrogens with one attached hydrogen (secondary N) is 1. The first-order valence-corrected chi connectivity index (χ1v) is 9.61. The summed E-state index contributed by atoms with van der Waals surface area (Å²) in [5.41, 5.74) is 0.986. The predicted octanol–water partition coefficient (Wildman–Crippen LogP) is 6.08. The molecule has 0 atom stereocenters. The topological polar surface area (TPSA) is 64.4 Å². The molecule has 0 fully saturated rings. The summed E-state index contributed by atoms with van der Waals surface area (Å²) in [5.74, 6) is 0.123. The van der Waals surface area contributed by atoms with Gasteiger partial charge in [-0.05, 0) is 62.4 Å². The summed E-state index contributed by atoms with van der Waals surface area (Å²) in [6, 6.07) is 18.2. The second-order valence-electron chi connectivity index (χ2n) is 7.21. The van der Waals surface area contributed by atoms with Gasteiger partial charge in [-0.15, -0.1) is 0 Å². The van der Waals surface area contributed by atoms with Gasteiger partial charge in [-0.2, -0.15) is 0 Å². The monoisotopic (exact) mass is 424 g/mol. The molecular weight excluding hydrogens is 407 g/mol. The highest BCUT2D eigenvalue weighted by Crippen LogP contribution is 2.31. The predicted molar refractivity (Wildman–Crippen MR) is 114 cm³/mol. The smallest absolute Gasteiger partial charge is 0.267 e. The first-order chi connectivity index (χ1) is 14.3. The molecule has 0 saturated heterocycles. The summed E-state index contributed by atoms with van der Waals surface area (Å²) in [5, 5.41) is 3.04. The van der Waals surface area contributed by atoms with E-state index in [1.54, 1.807) is 44.2 Å². The Morgan fingerprint density at radius 2 is 1.87 bits per heavy atom. The van der Waals surface area contributed by atoms with Gasteiger partial charge in [-0.3, -0.25) is 4.79 Å². The SMILES string of the molecule is CC(C)(Oc1ccccc1)C(=O)Nc1ccc2oc(-c3ccc(F)cc3Cl)nc2c1. The number of halogens is 2. The molecule has 0 saturated carbocycles. The maximum Gasteiger partial charge on any atom is 0.267 e. The van der Waals surface area contributed by atoms with Crippen molar-refractivity contribution >= 4 is 34.3 Å². The quantitative estimate of drug-likeness (QED) is 0.421. The lowest BCUT2D eigenvalue weighted by Gasteiger charge is -2.25. The number of aromatic nitrogens is 1. The van der Waals surface area contributed by atoms with Crippen LogP contribution in [0.4, 0.5) is 10.1 Å². The summed E-state index contributed by atoms with van der Waals surface area (Å²) >= 11 is 6.10. The van der Waals surface area contributed by atoms with E-state index in [1.807, 2.05) is 18.2 Å². The average Bonchev–Trinajstić information content (AvgIpc) is 3.11. The third-order valence-corrected chi connectivity index (χ3v) is 4.78. The van der Waals surface area contributed by atoms with Crippen LogP contribution < -0.4 is 10.1 Å². The molecule has 0 aliphatic carbocycles. The van der Waals surface area contributed by atoms with Gasteiger partial charge in [-0.1, -0.05) is 29.8 Å². The number of hydrogen-bond donors (Lipinski definition) is 1. The summed E-state index contributed by atoms with van der Waals surface area (Å²) in [4.78, 5) is 17.2. The molecule has 4 aromatic rings. The van der Waals surface area contributed by atoms with E-state index in [1.165, 1.54) is 18.2 Å². The van der Waals surface area contributed by atoms with Crippen molar-refractivity contribution in [2.45, 2.75) is 19.4 Å². The van der Waals surface area contributed by atoms with Crippen molar-refractivity contribution in [2.75, 3.05) is 5.32 Å². The lowest BCUT2D eigenvalue weighted by molar-refractivity contribution is -0.128. The van der Waals surface area contributed by atoms with Crippen molar-refractivity contribution in [1.29, 1.82) is 0 Å². The normalized spacial score (nSPS) is 11.5. The van der Waals surface area contributed by atoms with E-state index in [2.05, 4.69) is 10.3 Å². The zero-order valence-corrected chi connectivity index (χ0v) is 17.0. The van der Waals surface area contributed by atoms with Gasteiger partial charge in [0.05, 0.1) is 10.6 Å². The molecule has 1 N–H and O–H groups in total. The molecule has 0 spiro atoms. The van der Waals surface area contributed by atoms with Gasteiger partial charge in [0.2, 0.25) is 5.89 Å². The van der Waals surface area contributed by atoms with Crippen LogP contribution in [0.2, 0.25) is 5.02 Å². The zero-order chi connectivity index (χ0) is 21.3. The number of amides is 1. The number of para-hydroxylation sites is 1. The molecular formula is C23H18ClFN2O3. The Bertz CT molecular complexity index is 1220. The largest absolute Gasteiger partial charge is 0.478 e. The van der Waals surface area contributed by atoms with Crippen LogP contribution in [0, 0.1) is 5.82 Å². The number of carbonyl (C=O) groups excluding carboxylic acids is 1. The number of fused-ring (bicyclic) bond motifs is 1. The molecule has 0 unspecified atom stereocenters. The van der Waals surface area contributed by atoms with Crippen LogP contribution in [0.25, 0.3) is 22.6 Å². The first kappa shape index (κ1) is 19.9. The standard InChI is InChI=1S/C23H18ClFN2O3/c1-23(2,30-16-6-4-3-5-7-16)22(28)26-15-9-11-20-19(13-15)27-21(29-20)17-10-8-14(25)12-18(17)24/h3-13H,1-2H3,(H,26,28). The zero-order valence-electron chi connectivity index (χ0n) is 16.3. The molecule has 0 bridgehead atoms. The third kappa shape index (κ3) is 4.14. The van der Waals surface area contributed by atoms with Crippen molar-refractivity contribution in [2.24, 2.45) is 0 Å². The molecule has 152 valence electrons. The molecule has 30 heavy (non-hydrogen) atoms. The van der Waals surface area contributed by atoms with E-state index in [9.17, 15) is 9.18 Å².